The van der Waals surface area contributed by atoms with Gasteiger partial charge in [-0.25, -0.2) is 0 Å². The van der Waals surface area contributed by atoms with Crippen LogP contribution in [0, 0.1) is 0 Å². The van der Waals surface area contributed by atoms with Gasteiger partial charge in [0.25, 0.3) is 5.91 Å². The molecule has 0 heterocycles. The zero-order chi connectivity index (χ0) is 16.1. The van der Waals surface area contributed by atoms with Crippen molar-refractivity contribution in [3.63, 3.8) is 0 Å². The summed E-state index contributed by atoms with van der Waals surface area (Å²) in [5, 5.41) is 3.09. The number of hydrogen-bond donors (Lipinski definition) is 1. The lowest BCUT2D eigenvalue weighted by atomic mass is 10.2. The molecule has 0 aromatic heterocycles. The van der Waals surface area contributed by atoms with E-state index < -0.39 is 0 Å². The lowest BCUT2D eigenvalue weighted by Crippen LogP contribution is -2.20. The van der Waals surface area contributed by atoms with Crippen molar-refractivity contribution in [1.82, 2.24) is 0 Å². The molecule has 2 aromatic carbocycles. The second kappa shape index (κ2) is 7.76. The Hall–Kier alpha value is -1.37. The Kier molecular flexibility index (Phi) is 5.99. The summed E-state index contributed by atoms with van der Waals surface area (Å²) >= 11 is 12.6. The van der Waals surface area contributed by atoms with Gasteiger partial charge in [-0.3, -0.25) is 9.59 Å². The molecule has 2 aromatic rings. The van der Waals surface area contributed by atoms with E-state index in [9.17, 15) is 9.59 Å². The van der Waals surface area contributed by atoms with Gasteiger partial charge in [0, 0.05) is 10.0 Å². The highest BCUT2D eigenvalue weighted by molar-refractivity contribution is 9.10. The maximum absolute atomic E-state index is 11.9. The lowest BCUT2D eigenvalue weighted by molar-refractivity contribution is -0.118. The Balaban J connectivity index is 1.96. The van der Waals surface area contributed by atoms with Crippen LogP contribution in [0.5, 0.6) is 5.75 Å². The topological polar surface area (TPSA) is 55.4 Å². The molecular weight excluding hydrogens is 437 g/mol. The van der Waals surface area contributed by atoms with Gasteiger partial charge in [0.05, 0.1) is 15.2 Å². The van der Waals surface area contributed by atoms with Crippen LogP contribution in [-0.2, 0) is 4.79 Å². The summed E-state index contributed by atoms with van der Waals surface area (Å²) in [6.07, 6.45) is 0.733. The van der Waals surface area contributed by atoms with Gasteiger partial charge in [0.2, 0.25) is 0 Å². The van der Waals surface area contributed by atoms with E-state index in [0.29, 0.717) is 26.5 Å². The molecular formula is C15H10Br2ClNO3. The molecule has 0 aliphatic carbocycles. The largest absolute Gasteiger partial charge is 0.483 e. The number of anilines is 1. The molecule has 1 amide bonds. The highest BCUT2D eigenvalue weighted by Crippen LogP contribution is 2.27. The van der Waals surface area contributed by atoms with Gasteiger partial charge in [0.15, 0.2) is 6.61 Å². The molecule has 0 bridgehead atoms. The van der Waals surface area contributed by atoms with Gasteiger partial charge in [-0.05, 0) is 52.3 Å². The normalized spacial score (nSPS) is 10.1. The Bertz CT molecular complexity index is 722. The molecule has 0 spiro atoms. The monoisotopic (exact) mass is 445 g/mol. The number of halogens is 3. The van der Waals surface area contributed by atoms with Crippen molar-refractivity contribution >= 4 is 61.3 Å². The molecule has 0 atom stereocenters. The minimum Gasteiger partial charge on any atom is -0.483 e. The predicted octanol–water partition coefficient (Wildman–Crippen LogP) is 4.70. The van der Waals surface area contributed by atoms with E-state index in [2.05, 4.69) is 37.2 Å². The third-order valence-electron chi connectivity index (χ3n) is 2.66. The maximum Gasteiger partial charge on any atom is 0.262 e. The molecule has 4 nitrogen and oxygen atoms in total. The Morgan fingerprint density at radius 3 is 2.64 bits per heavy atom. The van der Waals surface area contributed by atoms with Crippen LogP contribution < -0.4 is 10.1 Å². The van der Waals surface area contributed by atoms with Gasteiger partial charge in [-0.2, -0.15) is 0 Å². The molecule has 0 fully saturated rings. The van der Waals surface area contributed by atoms with Crippen molar-refractivity contribution in [1.29, 1.82) is 0 Å². The molecule has 0 aliphatic heterocycles. The number of aldehydes is 1. The number of ether oxygens (including phenoxy) is 1. The van der Waals surface area contributed by atoms with E-state index in [-0.39, 0.29) is 12.5 Å². The molecule has 0 saturated carbocycles. The third-order valence-corrected chi connectivity index (χ3v) is 4.08. The van der Waals surface area contributed by atoms with E-state index in [1.807, 2.05) is 0 Å². The summed E-state index contributed by atoms with van der Waals surface area (Å²) < 4.78 is 6.83. The van der Waals surface area contributed by atoms with Gasteiger partial charge < -0.3 is 10.1 Å². The highest BCUT2D eigenvalue weighted by Gasteiger charge is 2.09. The molecule has 0 saturated heterocycles. The first-order chi connectivity index (χ1) is 10.5. The molecule has 2 rings (SSSR count). The van der Waals surface area contributed by atoms with Gasteiger partial charge in [-0.15, -0.1) is 0 Å². The smallest absolute Gasteiger partial charge is 0.262 e. The summed E-state index contributed by atoms with van der Waals surface area (Å²) in [7, 11) is 0. The summed E-state index contributed by atoms with van der Waals surface area (Å²) in [4.78, 5) is 22.5. The summed E-state index contributed by atoms with van der Waals surface area (Å²) in [5.74, 6) is 0.137. The van der Waals surface area contributed by atoms with Gasteiger partial charge in [-0.1, -0.05) is 27.5 Å². The van der Waals surface area contributed by atoms with E-state index in [1.165, 1.54) is 0 Å². The van der Waals surface area contributed by atoms with Crippen molar-refractivity contribution in [3.8, 4) is 5.75 Å². The average Bonchev–Trinajstić information content (AvgIpc) is 2.48. The predicted molar refractivity (Wildman–Crippen MR) is 92.8 cm³/mol. The van der Waals surface area contributed by atoms with E-state index >= 15 is 0 Å². The first kappa shape index (κ1) is 17.0. The number of amides is 1. The number of hydrogen-bond acceptors (Lipinski definition) is 3. The quantitative estimate of drug-likeness (QED) is 0.677. The van der Waals surface area contributed by atoms with Crippen LogP contribution in [0.1, 0.15) is 10.4 Å². The van der Waals surface area contributed by atoms with Crippen LogP contribution in [0.3, 0.4) is 0 Å². The molecule has 0 radical (unpaired) electrons. The van der Waals surface area contributed by atoms with Crippen LogP contribution in [-0.4, -0.2) is 18.8 Å². The number of carbonyl (C=O) groups excluding carboxylic acids is 2. The summed E-state index contributed by atoms with van der Waals surface area (Å²) in [6, 6.07) is 10.00. The average molecular weight is 448 g/mol. The van der Waals surface area contributed by atoms with Crippen molar-refractivity contribution < 1.29 is 14.3 Å². The number of nitrogens with one attached hydrogen (secondary N) is 1. The first-order valence-electron chi connectivity index (χ1n) is 6.12. The summed E-state index contributed by atoms with van der Waals surface area (Å²) in [6.45, 7) is -0.175. The van der Waals surface area contributed by atoms with Crippen molar-refractivity contribution in [3.05, 3.63) is 55.9 Å². The lowest BCUT2D eigenvalue weighted by Gasteiger charge is -2.10. The van der Waals surface area contributed by atoms with Gasteiger partial charge >= 0.3 is 0 Å². The maximum atomic E-state index is 11.9. The molecule has 0 aliphatic rings. The molecule has 0 unspecified atom stereocenters. The van der Waals surface area contributed by atoms with Crippen molar-refractivity contribution in [2.75, 3.05) is 11.9 Å². The first-order valence-corrected chi connectivity index (χ1v) is 8.08. The minimum atomic E-state index is -0.337. The highest BCUT2D eigenvalue weighted by atomic mass is 79.9. The van der Waals surface area contributed by atoms with E-state index in [1.54, 1.807) is 36.4 Å². The molecule has 1 N–H and O–H groups in total. The molecule has 22 heavy (non-hydrogen) atoms. The van der Waals surface area contributed by atoms with Crippen LogP contribution in [0.15, 0.2) is 45.3 Å². The fourth-order valence-electron chi connectivity index (χ4n) is 1.63. The number of benzene rings is 2. The molecule has 114 valence electrons. The van der Waals surface area contributed by atoms with Crippen LogP contribution in [0.2, 0.25) is 5.02 Å². The molecule has 7 heteroatoms. The third kappa shape index (κ3) is 4.56. The zero-order valence-corrected chi connectivity index (χ0v) is 15.0. The number of rotatable bonds is 5. The Morgan fingerprint density at radius 2 is 2.00 bits per heavy atom. The second-order valence-electron chi connectivity index (χ2n) is 4.27. The SMILES string of the molecule is O=Cc1ccc(OCC(=O)Nc2ccc(Br)cc2Cl)c(Br)c1. The standard InChI is InChI=1S/C15H10Br2ClNO3/c16-10-2-3-13(12(18)6-10)19-15(21)8-22-14-4-1-9(7-20)5-11(14)17/h1-7H,8H2,(H,19,21). The Labute approximate surface area is 149 Å². The zero-order valence-electron chi connectivity index (χ0n) is 11.1. The Morgan fingerprint density at radius 1 is 1.23 bits per heavy atom. The van der Waals surface area contributed by atoms with Crippen LogP contribution in [0.4, 0.5) is 5.69 Å². The minimum absolute atomic E-state index is 0.175. The summed E-state index contributed by atoms with van der Waals surface area (Å²) in [5.41, 5.74) is 1.03. The fraction of sp³-hybridized carbons (Fsp3) is 0.0667. The van der Waals surface area contributed by atoms with Crippen LogP contribution in [0.25, 0.3) is 0 Å². The van der Waals surface area contributed by atoms with Crippen molar-refractivity contribution in [2.45, 2.75) is 0 Å². The van der Waals surface area contributed by atoms with E-state index in [4.69, 9.17) is 16.3 Å². The van der Waals surface area contributed by atoms with Crippen molar-refractivity contribution in [2.24, 2.45) is 0 Å². The second-order valence-corrected chi connectivity index (χ2v) is 6.45. The van der Waals surface area contributed by atoms with E-state index in [0.717, 1.165) is 10.8 Å². The van der Waals surface area contributed by atoms with Gasteiger partial charge in [0.1, 0.15) is 12.0 Å². The van der Waals surface area contributed by atoms with Crippen LogP contribution >= 0.6 is 43.5 Å². The number of carbonyl (C=O) groups is 2. The fourth-order valence-corrected chi connectivity index (χ4v) is 2.86.